The third-order valence-electron chi connectivity index (χ3n) is 3.47. The molecule has 118 valence electrons. The molecule has 22 heavy (non-hydrogen) atoms. The zero-order chi connectivity index (χ0) is 16.1. The van der Waals surface area contributed by atoms with Gasteiger partial charge in [0.1, 0.15) is 5.75 Å². The number of aromatic nitrogens is 2. The highest BCUT2D eigenvalue weighted by atomic mass is 16.5. The first-order valence-electron chi connectivity index (χ1n) is 7.05. The van der Waals surface area contributed by atoms with Crippen molar-refractivity contribution in [1.82, 2.24) is 9.78 Å². The van der Waals surface area contributed by atoms with Crippen LogP contribution in [0.3, 0.4) is 0 Å². The third kappa shape index (κ3) is 3.35. The summed E-state index contributed by atoms with van der Waals surface area (Å²) in [6.07, 6.45) is 0. The number of methoxy groups -OCH3 is 2. The van der Waals surface area contributed by atoms with Gasteiger partial charge in [0.05, 0.1) is 26.0 Å². The van der Waals surface area contributed by atoms with Crippen LogP contribution in [0.25, 0.3) is 11.3 Å². The van der Waals surface area contributed by atoms with Gasteiger partial charge in [0.25, 0.3) is 5.56 Å². The van der Waals surface area contributed by atoms with Crippen LogP contribution in [0.2, 0.25) is 0 Å². The van der Waals surface area contributed by atoms with Gasteiger partial charge in [0, 0.05) is 24.8 Å². The molecule has 1 heterocycles. The van der Waals surface area contributed by atoms with E-state index in [1.165, 1.54) is 4.68 Å². The molecule has 1 aromatic carbocycles. The summed E-state index contributed by atoms with van der Waals surface area (Å²) in [4.78, 5) is 12.2. The number of benzene rings is 1. The molecule has 0 aliphatic carbocycles. The van der Waals surface area contributed by atoms with Crippen LogP contribution in [0.1, 0.15) is 11.1 Å². The van der Waals surface area contributed by atoms with Crippen LogP contribution in [-0.4, -0.2) is 30.6 Å². The van der Waals surface area contributed by atoms with Crippen molar-refractivity contribution in [3.63, 3.8) is 0 Å². The van der Waals surface area contributed by atoms with Crippen molar-refractivity contribution in [2.75, 3.05) is 20.8 Å². The molecule has 0 bridgehead atoms. The summed E-state index contributed by atoms with van der Waals surface area (Å²) in [6, 6.07) is 7.53. The first-order valence-corrected chi connectivity index (χ1v) is 7.05. The number of rotatable bonds is 6. The van der Waals surface area contributed by atoms with Crippen molar-refractivity contribution in [2.45, 2.75) is 20.0 Å². The van der Waals surface area contributed by atoms with Gasteiger partial charge in [-0.2, -0.15) is 5.10 Å². The smallest absolute Gasteiger partial charge is 0.271 e. The van der Waals surface area contributed by atoms with Crippen molar-refractivity contribution in [3.8, 4) is 17.0 Å². The highest BCUT2D eigenvalue weighted by molar-refractivity contribution is 5.62. The van der Waals surface area contributed by atoms with E-state index in [1.54, 1.807) is 20.3 Å². The van der Waals surface area contributed by atoms with E-state index in [9.17, 15) is 4.79 Å². The monoisotopic (exact) mass is 303 g/mol. The Morgan fingerprint density at radius 2 is 2.05 bits per heavy atom. The molecule has 6 heteroatoms. The number of aryl methyl sites for hydroxylation is 1. The van der Waals surface area contributed by atoms with Gasteiger partial charge in [0.15, 0.2) is 0 Å². The van der Waals surface area contributed by atoms with Crippen molar-refractivity contribution < 1.29 is 9.47 Å². The normalized spacial score (nSPS) is 10.7. The number of hydrogen-bond acceptors (Lipinski definition) is 5. The average Bonchev–Trinajstić information content (AvgIpc) is 2.53. The zero-order valence-corrected chi connectivity index (χ0v) is 13.1. The maximum Gasteiger partial charge on any atom is 0.271 e. The Morgan fingerprint density at radius 3 is 2.64 bits per heavy atom. The molecule has 1 aromatic heterocycles. The second-order valence-electron chi connectivity index (χ2n) is 4.96. The predicted molar refractivity (Wildman–Crippen MR) is 85.0 cm³/mol. The van der Waals surface area contributed by atoms with Crippen molar-refractivity contribution in [1.29, 1.82) is 0 Å². The number of ether oxygens (including phenoxy) is 2. The minimum absolute atomic E-state index is 0.173. The molecule has 0 saturated heterocycles. The second-order valence-corrected chi connectivity index (χ2v) is 4.96. The summed E-state index contributed by atoms with van der Waals surface area (Å²) >= 11 is 0. The molecule has 6 nitrogen and oxygen atoms in total. The molecule has 0 fully saturated rings. The van der Waals surface area contributed by atoms with E-state index in [0.29, 0.717) is 24.4 Å². The standard InChI is InChI=1S/C16H21N3O3/c1-11-8-12(4-5-15(11)22-3)14-9-13(10-17)16(20)19(18-14)6-7-21-2/h4-5,8-9H,6-7,10,17H2,1-3H3. The summed E-state index contributed by atoms with van der Waals surface area (Å²) < 4.78 is 11.7. The average molecular weight is 303 g/mol. The van der Waals surface area contributed by atoms with Gasteiger partial charge in [-0.15, -0.1) is 0 Å². The molecule has 0 saturated carbocycles. The van der Waals surface area contributed by atoms with E-state index < -0.39 is 0 Å². The van der Waals surface area contributed by atoms with Crippen LogP contribution in [0.5, 0.6) is 5.75 Å². The molecular formula is C16H21N3O3. The van der Waals surface area contributed by atoms with E-state index in [-0.39, 0.29) is 12.1 Å². The number of hydrogen-bond donors (Lipinski definition) is 1. The summed E-state index contributed by atoms with van der Waals surface area (Å²) in [5.74, 6) is 0.815. The Balaban J connectivity index is 2.50. The first kappa shape index (κ1) is 16.2. The zero-order valence-electron chi connectivity index (χ0n) is 13.1. The Bertz CT molecular complexity index is 710. The van der Waals surface area contributed by atoms with Gasteiger partial charge in [-0.3, -0.25) is 4.79 Å². The summed E-state index contributed by atoms with van der Waals surface area (Å²) in [5, 5.41) is 4.41. The molecule has 0 aliphatic rings. The van der Waals surface area contributed by atoms with E-state index in [1.807, 2.05) is 25.1 Å². The molecular weight excluding hydrogens is 282 g/mol. The van der Waals surface area contributed by atoms with Gasteiger partial charge in [0.2, 0.25) is 0 Å². The lowest BCUT2D eigenvalue weighted by Crippen LogP contribution is -2.29. The highest BCUT2D eigenvalue weighted by Gasteiger charge is 2.10. The first-order chi connectivity index (χ1) is 10.6. The van der Waals surface area contributed by atoms with Crippen LogP contribution < -0.4 is 16.0 Å². The maximum atomic E-state index is 12.2. The fourth-order valence-corrected chi connectivity index (χ4v) is 2.25. The Kier molecular flexibility index (Phi) is 5.30. The Morgan fingerprint density at radius 1 is 1.27 bits per heavy atom. The highest BCUT2D eigenvalue weighted by Crippen LogP contribution is 2.24. The molecule has 0 atom stereocenters. The second kappa shape index (κ2) is 7.20. The summed E-state index contributed by atoms with van der Waals surface area (Å²) in [7, 11) is 3.23. The molecule has 0 unspecified atom stereocenters. The van der Waals surface area contributed by atoms with Crippen LogP contribution in [0, 0.1) is 6.92 Å². The lowest BCUT2D eigenvalue weighted by Gasteiger charge is -2.11. The van der Waals surface area contributed by atoms with Crippen LogP contribution in [0.15, 0.2) is 29.1 Å². The van der Waals surface area contributed by atoms with Gasteiger partial charge in [-0.05, 0) is 36.8 Å². The molecule has 0 radical (unpaired) electrons. The van der Waals surface area contributed by atoms with E-state index in [4.69, 9.17) is 15.2 Å². The van der Waals surface area contributed by atoms with E-state index in [0.717, 1.165) is 16.9 Å². The van der Waals surface area contributed by atoms with E-state index >= 15 is 0 Å². The Labute approximate surface area is 129 Å². The number of nitrogens with two attached hydrogens (primary N) is 1. The summed E-state index contributed by atoms with van der Waals surface area (Å²) in [5.41, 5.74) is 8.67. The van der Waals surface area contributed by atoms with Crippen LogP contribution in [0.4, 0.5) is 0 Å². The number of nitrogens with zero attached hydrogens (tertiary/aromatic N) is 2. The molecule has 0 amide bonds. The molecule has 2 aromatic rings. The van der Waals surface area contributed by atoms with Gasteiger partial charge in [-0.1, -0.05) is 0 Å². The molecule has 0 spiro atoms. The summed E-state index contributed by atoms with van der Waals surface area (Å²) in [6.45, 7) is 2.96. The topological polar surface area (TPSA) is 79.4 Å². The Hall–Kier alpha value is -2.18. The van der Waals surface area contributed by atoms with E-state index in [2.05, 4.69) is 5.10 Å². The van der Waals surface area contributed by atoms with Gasteiger partial charge < -0.3 is 15.2 Å². The fourth-order valence-electron chi connectivity index (χ4n) is 2.25. The van der Waals surface area contributed by atoms with Crippen molar-refractivity contribution in [3.05, 3.63) is 45.7 Å². The quantitative estimate of drug-likeness (QED) is 0.871. The molecule has 0 aliphatic heterocycles. The third-order valence-corrected chi connectivity index (χ3v) is 3.47. The lowest BCUT2D eigenvalue weighted by atomic mass is 10.1. The minimum Gasteiger partial charge on any atom is -0.496 e. The largest absolute Gasteiger partial charge is 0.496 e. The minimum atomic E-state index is -0.173. The fraction of sp³-hybridized carbons (Fsp3) is 0.375. The molecule has 2 rings (SSSR count). The van der Waals surface area contributed by atoms with Crippen molar-refractivity contribution >= 4 is 0 Å². The predicted octanol–water partition coefficient (Wildman–Crippen LogP) is 1.33. The maximum absolute atomic E-state index is 12.2. The molecule has 2 N–H and O–H groups in total. The van der Waals surface area contributed by atoms with Gasteiger partial charge >= 0.3 is 0 Å². The van der Waals surface area contributed by atoms with Crippen LogP contribution in [-0.2, 0) is 17.8 Å². The van der Waals surface area contributed by atoms with Gasteiger partial charge in [-0.25, -0.2) is 4.68 Å². The SMILES string of the molecule is COCCn1nc(-c2ccc(OC)c(C)c2)cc(CN)c1=O. The lowest BCUT2D eigenvalue weighted by molar-refractivity contribution is 0.182. The van der Waals surface area contributed by atoms with Crippen molar-refractivity contribution in [2.24, 2.45) is 5.73 Å². The van der Waals surface area contributed by atoms with Crippen LogP contribution >= 0.6 is 0 Å².